The van der Waals surface area contributed by atoms with Gasteiger partial charge in [0.1, 0.15) is 12.5 Å². The number of rotatable bonds is 7. The maximum atomic E-state index is 13.7. The van der Waals surface area contributed by atoms with Crippen molar-refractivity contribution in [1.29, 1.82) is 0 Å². The van der Waals surface area contributed by atoms with Gasteiger partial charge in [-0.2, -0.15) is 5.10 Å². The zero-order valence-corrected chi connectivity index (χ0v) is 19.4. The van der Waals surface area contributed by atoms with E-state index >= 15 is 0 Å². The van der Waals surface area contributed by atoms with E-state index in [0.29, 0.717) is 18.1 Å². The summed E-state index contributed by atoms with van der Waals surface area (Å²) in [5.74, 6) is -0.317. The Hall–Kier alpha value is -2.90. The van der Waals surface area contributed by atoms with Crippen molar-refractivity contribution in [3.05, 3.63) is 66.4 Å². The van der Waals surface area contributed by atoms with Gasteiger partial charge in [-0.25, -0.2) is 14.1 Å². The first-order chi connectivity index (χ1) is 14.8. The minimum Gasteiger partial charge on any atom is -0.360 e. The van der Waals surface area contributed by atoms with Crippen LogP contribution in [0.25, 0.3) is 33.4 Å². The summed E-state index contributed by atoms with van der Waals surface area (Å²) in [5.41, 5.74) is 4.73. The van der Waals surface area contributed by atoms with Crippen LogP contribution < -0.4 is 0 Å². The van der Waals surface area contributed by atoms with Crippen molar-refractivity contribution in [3.63, 3.8) is 0 Å². The van der Waals surface area contributed by atoms with E-state index in [1.54, 1.807) is 19.2 Å². The minimum atomic E-state index is -1.10. The quantitative estimate of drug-likeness (QED) is 0.268. The Kier molecular flexibility index (Phi) is 5.98. The summed E-state index contributed by atoms with van der Waals surface area (Å²) in [7, 11) is -1.10. The highest BCUT2D eigenvalue weighted by Crippen LogP contribution is 2.31. The number of fused-ring (bicyclic) bond motifs is 1. The lowest BCUT2D eigenvalue weighted by atomic mass is 10.0. The number of nitrogens with zero attached hydrogens (tertiary/aromatic N) is 4. The Morgan fingerprint density at radius 1 is 1.10 bits per heavy atom. The van der Waals surface area contributed by atoms with Crippen LogP contribution in [0, 0.1) is 12.7 Å². The largest absolute Gasteiger partial charge is 0.360 e. The molecule has 0 fully saturated rings. The van der Waals surface area contributed by atoms with Gasteiger partial charge in [0.25, 0.3) is 0 Å². The van der Waals surface area contributed by atoms with Crippen molar-refractivity contribution in [2.45, 2.75) is 39.3 Å². The van der Waals surface area contributed by atoms with Gasteiger partial charge in [0.15, 0.2) is 0 Å². The average molecular weight is 435 g/mol. The lowest BCUT2D eigenvalue weighted by Gasteiger charge is -2.15. The van der Waals surface area contributed by atoms with E-state index in [1.807, 2.05) is 23.0 Å². The highest BCUT2D eigenvalue weighted by molar-refractivity contribution is 6.76. The molecule has 5 nitrogen and oxygen atoms in total. The summed E-state index contributed by atoms with van der Waals surface area (Å²) in [5, 5.41) is 5.53. The lowest BCUT2D eigenvalue weighted by Crippen LogP contribution is -2.22. The third-order valence-electron chi connectivity index (χ3n) is 5.23. The first-order valence-corrected chi connectivity index (χ1v) is 14.1. The molecule has 0 amide bonds. The summed E-state index contributed by atoms with van der Waals surface area (Å²) in [6.45, 7) is 9.90. The predicted octanol–water partition coefficient (Wildman–Crippen LogP) is 5.92. The number of hydrogen-bond donors (Lipinski definition) is 0. The van der Waals surface area contributed by atoms with E-state index in [9.17, 15) is 4.39 Å². The molecule has 1 aromatic carbocycles. The lowest BCUT2D eigenvalue weighted by molar-refractivity contribution is 0.0817. The minimum absolute atomic E-state index is 0.317. The van der Waals surface area contributed by atoms with Crippen molar-refractivity contribution in [3.8, 4) is 22.5 Å². The maximum absolute atomic E-state index is 13.7. The number of pyridine rings is 2. The van der Waals surface area contributed by atoms with Gasteiger partial charge in [-0.3, -0.25) is 4.98 Å². The second-order valence-corrected chi connectivity index (χ2v) is 14.6. The molecule has 3 heterocycles. The Labute approximate surface area is 182 Å². The molecule has 160 valence electrons. The van der Waals surface area contributed by atoms with Crippen molar-refractivity contribution >= 4 is 19.0 Å². The van der Waals surface area contributed by atoms with Crippen molar-refractivity contribution in [2.75, 3.05) is 6.61 Å². The summed E-state index contributed by atoms with van der Waals surface area (Å²) in [4.78, 5) is 8.92. The standard InChI is InChI=1S/C24H27FN4OSi/c1-17-21(25)8-9-22(28-17)24-20(6-5-11-26-24)18-7-10-23-19(14-18)15-27-29(23)16-30-12-13-31(2,3)4/h5-11,14-15H,12-13,16H2,1-4H3. The fourth-order valence-electron chi connectivity index (χ4n) is 3.41. The topological polar surface area (TPSA) is 52.8 Å². The highest BCUT2D eigenvalue weighted by Gasteiger charge is 2.14. The first-order valence-electron chi connectivity index (χ1n) is 10.4. The molecule has 31 heavy (non-hydrogen) atoms. The molecule has 7 heteroatoms. The number of aromatic nitrogens is 4. The van der Waals surface area contributed by atoms with Gasteiger partial charge < -0.3 is 4.74 Å². The molecule has 0 radical (unpaired) electrons. The summed E-state index contributed by atoms with van der Waals surface area (Å²) >= 11 is 0. The molecule has 0 aliphatic heterocycles. The Morgan fingerprint density at radius 3 is 2.71 bits per heavy atom. The van der Waals surface area contributed by atoms with Gasteiger partial charge in [-0.1, -0.05) is 31.8 Å². The number of halogens is 1. The van der Waals surface area contributed by atoms with E-state index in [-0.39, 0.29) is 5.82 Å². The van der Waals surface area contributed by atoms with Crippen LogP contribution >= 0.6 is 0 Å². The summed E-state index contributed by atoms with van der Waals surface area (Å²) in [6.07, 6.45) is 3.59. The summed E-state index contributed by atoms with van der Waals surface area (Å²) in [6, 6.07) is 14.4. The van der Waals surface area contributed by atoms with E-state index in [4.69, 9.17) is 4.74 Å². The monoisotopic (exact) mass is 434 g/mol. The molecular weight excluding hydrogens is 407 g/mol. The molecule has 0 unspecified atom stereocenters. The van der Waals surface area contributed by atoms with Crippen molar-refractivity contribution < 1.29 is 9.13 Å². The fourth-order valence-corrected chi connectivity index (χ4v) is 4.16. The van der Waals surface area contributed by atoms with E-state index in [1.165, 1.54) is 6.07 Å². The normalized spacial score (nSPS) is 11.9. The van der Waals surface area contributed by atoms with Crippen LogP contribution in [-0.2, 0) is 11.5 Å². The molecule has 4 aromatic rings. The smallest absolute Gasteiger partial charge is 0.144 e. The predicted molar refractivity (Wildman–Crippen MR) is 125 cm³/mol. The number of ether oxygens (including phenoxy) is 1. The third-order valence-corrected chi connectivity index (χ3v) is 6.94. The summed E-state index contributed by atoms with van der Waals surface area (Å²) < 4.78 is 21.4. The first kappa shape index (κ1) is 21.3. The Balaban J connectivity index is 1.61. The molecule has 0 bridgehead atoms. The van der Waals surface area contributed by atoms with Gasteiger partial charge in [0.2, 0.25) is 0 Å². The van der Waals surface area contributed by atoms with Crippen LogP contribution in [0.2, 0.25) is 25.7 Å². The van der Waals surface area contributed by atoms with Crippen LogP contribution in [-0.4, -0.2) is 34.4 Å². The molecule has 0 N–H and O–H groups in total. The second-order valence-electron chi connectivity index (χ2n) is 8.93. The maximum Gasteiger partial charge on any atom is 0.144 e. The third kappa shape index (κ3) is 4.89. The van der Waals surface area contributed by atoms with Crippen molar-refractivity contribution in [2.24, 2.45) is 0 Å². The zero-order valence-electron chi connectivity index (χ0n) is 18.4. The van der Waals surface area contributed by atoms with Crippen LogP contribution in [0.3, 0.4) is 0 Å². The molecule has 0 aliphatic rings. The van der Waals surface area contributed by atoms with Crippen LogP contribution in [0.4, 0.5) is 4.39 Å². The number of hydrogen-bond acceptors (Lipinski definition) is 4. The highest BCUT2D eigenvalue weighted by atomic mass is 28.3. The molecule has 0 aliphatic carbocycles. The number of benzene rings is 1. The van der Waals surface area contributed by atoms with Gasteiger partial charge in [-0.05, 0) is 48.9 Å². The van der Waals surface area contributed by atoms with Gasteiger partial charge in [0, 0.05) is 31.8 Å². The second kappa shape index (κ2) is 8.68. The molecule has 3 aromatic heterocycles. The molecule has 4 rings (SSSR count). The zero-order chi connectivity index (χ0) is 22.0. The Bertz CT molecular complexity index is 1220. The Morgan fingerprint density at radius 2 is 1.94 bits per heavy atom. The molecule has 0 atom stereocenters. The molecular formula is C24H27FN4OSi. The van der Waals surface area contributed by atoms with E-state index in [2.05, 4.69) is 52.9 Å². The van der Waals surface area contributed by atoms with Crippen LogP contribution in [0.5, 0.6) is 0 Å². The van der Waals surface area contributed by atoms with Crippen LogP contribution in [0.1, 0.15) is 5.69 Å². The number of aryl methyl sites for hydroxylation is 1. The van der Waals surface area contributed by atoms with Gasteiger partial charge in [0.05, 0.1) is 28.8 Å². The SMILES string of the molecule is Cc1nc(-c2ncccc2-c2ccc3c(cnn3COCC[Si](C)(C)C)c2)ccc1F. The molecule has 0 saturated heterocycles. The van der Waals surface area contributed by atoms with Gasteiger partial charge in [-0.15, -0.1) is 0 Å². The van der Waals surface area contributed by atoms with Gasteiger partial charge >= 0.3 is 0 Å². The fraction of sp³-hybridized carbons (Fsp3) is 0.292. The van der Waals surface area contributed by atoms with Crippen LogP contribution in [0.15, 0.2) is 54.9 Å². The van der Waals surface area contributed by atoms with E-state index in [0.717, 1.165) is 40.4 Å². The van der Waals surface area contributed by atoms with Crippen molar-refractivity contribution in [1.82, 2.24) is 19.7 Å². The average Bonchev–Trinajstić information content (AvgIpc) is 3.15. The van der Waals surface area contributed by atoms with E-state index < -0.39 is 8.07 Å². The molecule has 0 saturated carbocycles. The molecule has 0 spiro atoms.